The lowest BCUT2D eigenvalue weighted by molar-refractivity contribution is -0.138. The van der Waals surface area contributed by atoms with Crippen LogP contribution in [0.3, 0.4) is 0 Å². The molecule has 1 fully saturated rings. The Labute approximate surface area is 158 Å². The van der Waals surface area contributed by atoms with Gasteiger partial charge in [-0.25, -0.2) is 17.6 Å². The van der Waals surface area contributed by atoms with Gasteiger partial charge in [-0.2, -0.15) is 0 Å². The zero-order valence-electron chi connectivity index (χ0n) is 14.9. The van der Waals surface area contributed by atoms with E-state index in [1.165, 1.54) is 30.3 Å². The average Bonchev–Trinajstić information content (AvgIpc) is 2.99. The van der Waals surface area contributed by atoms with Crippen LogP contribution in [0.2, 0.25) is 0 Å². The monoisotopic (exact) mass is 390 g/mol. The number of aromatic nitrogens is 1. The number of nitrogens with one attached hydrogen (secondary N) is 2. The van der Waals surface area contributed by atoms with Crippen molar-refractivity contribution >= 4 is 16.8 Å². The normalized spacial score (nSPS) is 15.4. The van der Waals surface area contributed by atoms with Gasteiger partial charge >= 0.3 is 0 Å². The van der Waals surface area contributed by atoms with Gasteiger partial charge in [-0.1, -0.05) is 0 Å². The number of hydrogen-bond donors (Lipinski definition) is 2. The Balaban J connectivity index is 1.67. The lowest BCUT2D eigenvalue weighted by Crippen LogP contribution is -2.48. The number of hydrogen-bond acceptors (Lipinski definition) is 1. The third-order valence-corrected chi connectivity index (χ3v) is 5.28. The van der Waals surface area contributed by atoms with Crippen molar-refractivity contribution in [1.29, 1.82) is 0 Å². The van der Waals surface area contributed by atoms with Gasteiger partial charge in [0.1, 0.15) is 17.5 Å². The van der Waals surface area contributed by atoms with Crippen LogP contribution in [0.5, 0.6) is 0 Å². The molecule has 0 aliphatic heterocycles. The molecular weight excluding hydrogens is 372 g/mol. The fourth-order valence-corrected chi connectivity index (χ4v) is 3.57. The average molecular weight is 390 g/mol. The minimum atomic E-state index is -1.81. The summed E-state index contributed by atoms with van der Waals surface area (Å²) in [6.45, 7) is 0.115. The molecule has 0 spiro atoms. The van der Waals surface area contributed by atoms with Gasteiger partial charge in [0, 0.05) is 23.7 Å². The SMILES string of the molecule is O=C(NCCc1c(-c2ccc(F)cc2)[nH]c2c(F)cc(F)cc12)C1(F)CCC1. The van der Waals surface area contributed by atoms with Crippen molar-refractivity contribution in [2.45, 2.75) is 31.4 Å². The summed E-state index contributed by atoms with van der Waals surface area (Å²) in [7, 11) is 0. The number of rotatable bonds is 5. The van der Waals surface area contributed by atoms with E-state index in [0.717, 1.165) is 6.07 Å². The highest BCUT2D eigenvalue weighted by Crippen LogP contribution is 2.36. The molecule has 1 aliphatic rings. The third kappa shape index (κ3) is 3.25. The topological polar surface area (TPSA) is 44.9 Å². The number of alkyl halides is 1. The molecular formula is C21H18F4N2O. The number of carbonyl (C=O) groups is 1. The summed E-state index contributed by atoms with van der Waals surface area (Å²) in [5.74, 6) is -2.54. The van der Waals surface area contributed by atoms with Gasteiger partial charge < -0.3 is 10.3 Å². The molecule has 7 heteroatoms. The Hall–Kier alpha value is -2.83. The van der Waals surface area contributed by atoms with Gasteiger partial charge in [0.25, 0.3) is 5.91 Å². The molecule has 1 aromatic heterocycles. The first-order valence-corrected chi connectivity index (χ1v) is 9.10. The Bertz CT molecular complexity index is 1040. The molecule has 0 atom stereocenters. The number of carbonyl (C=O) groups excluding carboxylic acids is 1. The van der Waals surface area contributed by atoms with Gasteiger partial charge in [0.2, 0.25) is 0 Å². The molecule has 0 bridgehead atoms. The van der Waals surface area contributed by atoms with Crippen LogP contribution in [-0.2, 0) is 11.2 Å². The first-order chi connectivity index (χ1) is 13.4. The summed E-state index contributed by atoms with van der Waals surface area (Å²) in [5, 5.41) is 2.91. The van der Waals surface area contributed by atoms with Gasteiger partial charge in [-0.15, -0.1) is 0 Å². The molecule has 0 saturated heterocycles. The Morgan fingerprint density at radius 1 is 1.07 bits per heavy atom. The summed E-state index contributed by atoms with van der Waals surface area (Å²) in [5.41, 5.74) is -0.00466. The Morgan fingerprint density at radius 3 is 2.43 bits per heavy atom. The van der Waals surface area contributed by atoms with E-state index in [-0.39, 0.29) is 31.3 Å². The Morgan fingerprint density at radius 2 is 1.79 bits per heavy atom. The van der Waals surface area contributed by atoms with E-state index in [9.17, 15) is 22.4 Å². The van der Waals surface area contributed by atoms with Gasteiger partial charge in [-0.05, 0) is 67.1 Å². The smallest absolute Gasteiger partial charge is 0.257 e. The largest absolute Gasteiger partial charge is 0.353 e. The van der Waals surface area contributed by atoms with Crippen LogP contribution >= 0.6 is 0 Å². The first kappa shape index (κ1) is 18.5. The molecule has 1 amide bonds. The van der Waals surface area contributed by atoms with E-state index in [2.05, 4.69) is 10.3 Å². The van der Waals surface area contributed by atoms with E-state index in [4.69, 9.17) is 0 Å². The standard InChI is InChI=1S/C21H18F4N2O/c22-13-4-2-12(3-5-13)18-15(6-9-26-20(28)21(25)7-1-8-21)16-10-14(23)11-17(24)19(16)27-18/h2-5,10-11,27H,1,6-9H2,(H,26,28). The second-order valence-electron chi connectivity index (χ2n) is 7.12. The fourth-order valence-electron chi connectivity index (χ4n) is 3.57. The van der Waals surface area contributed by atoms with Crippen molar-refractivity contribution < 1.29 is 22.4 Å². The van der Waals surface area contributed by atoms with E-state index in [1.54, 1.807) is 0 Å². The van der Waals surface area contributed by atoms with Crippen molar-refractivity contribution in [2.24, 2.45) is 0 Å². The lowest BCUT2D eigenvalue weighted by Gasteiger charge is -2.32. The van der Waals surface area contributed by atoms with E-state index >= 15 is 0 Å². The molecule has 4 rings (SSSR count). The Kier molecular flexibility index (Phi) is 4.61. The van der Waals surface area contributed by atoms with Crippen molar-refractivity contribution in [3.05, 3.63) is 59.4 Å². The number of benzene rings is 2. The highest BCUT2D eigenvalue weighted by atomic mass is 19.1. The van der Waals surface area contributed by atoms with Crippen LogP contribution < -0.4 is 5.32 Å². The highest BCUT2D eigenvalue weighted by molar-refractivity contribution is 5.91. The first-order valence-electron chi connectivity index (χ1n) is 9.10. The van der Waals surface area contributed by atoms with Gasteiger partial charge in [0.05, 0.1) is 5.52 Å². The number of H-pyrrole nitrogens is 1. The summed E-state index contributed by atoms with van der Waals surface area (Å²) in [6, 6.07) is 7.59. The second kappa shape index (κ2) is 6.96. The number of fused-ring (bicyclic) bond motifs is 1. The lowest BCUT2D eigenvalue weighted by atomic mass is 9.81. The maximum atomic E-state index is 14.2. The molecule has 2 N–H and O–H groups in total. The van der Waals surface area contributed by atoms with Crippen LogP contribution in [0.15, 0.2) is 36.4 Å². The molecule has 3 nitrogen and oxygen atoms in total. The number of aromatic amines is 1. The molecule has 0 radical (unpaired) electrons. The van der Waals surface area contributed by atoms with E-state index < -0.39 is 29.0 Å². The number of amides is 1. The molecule has 0 unspecified atom stereocenters. The predicted molar refractivity (Wildman–Crippen MR) is 98.0 cm³/mol. The molecule has 28 heavy (non-hydrogen) atoms. The third-order valence-electron chi connectivity index (χ3n) is 5.28. The summed E-state index contributed by atoms with van der Waals surface area (Å²) >= 11 is 0. The van der Waals surface area contributed by atoms with Crippen molar-refractivity contribution in [3.63, 3.8) is 0 Å². The molecule has 1 heterocycles. The van der Waals surface area contributed by atoms with Crippen molar-refractivity contribution in [3.8, 4) is 11.3 Å². The fraction of sp³-hybridized carbons (Fsp3) is 0.286. The zero-order chi connectivity index (χ0) is 19.9. The molecule has 2 aromatic carbocycles. The van der Waals surface area contributed by atoms with Crippen LogP contribution in [-0.4, -0.2) is 23.1 Å². The summed E-state index contributed by atoms with van der Waals surface area (Å²) < 4.78 is 55.4. The molecule has 146 valence electrons. The molecule has 1 saturated carbocycles. The second-order valence-corrected chi connectivity index (χ2v) is 7.12. The molecule has 3 aromatic rings. The van der Waals surface area contributed by atoms with Gasteiger partial charge in [0.15, 0.2) is 5.67 Å². The van der Waals surface area contributed by atoms with E-state index in [0.29, 0.717) is 28.6 Å². The van der Waals surface area contributed by atoms with Crippen molar-refractivity contribution in [1.82, 2.24) is 10.3 Å². The van der Waals surface area contributed by atoms with Crippen molar-refractivity contribution in [2.75, 3.05) is 6.54 Å². The van der Waals surface area contributed by atoms with E-state index in [1.807, 2.05) is 0 Å². The van der Waals surface area contributed by atoms with Gasteiger partial charge in [-0.3, -0.25) is 4.79 Å². The maximum absolute atomic E-state index is 14.2. The predicted octanol–water partition coefficient (Wildman–Crippen LogP) is 4.80. The summed E-state index contributed by atoms with van der Waals surface area (Å²) in [4.78, 5) is 14.9. The van der Waals surface area contributed by atoms with Crippen LogP contribution in [0, 0.1) is 17.5 Å². The molecule has 1 aliphatic carbocycles. The van der Waals surface area contributed by atoms with Crippen LogP contribution in [0.25, 0.3) is 22.2 Å². The minimum Gasteiger partial charge on any atom is -0.353 e. The number of halogens is 4. The summed E-state index contributed by atoms with van der Waals surface area (Å²) in [6.07, 6.45) is 1.34. The maximum Gasteiger partial charge on any atom is 0.257 e. The zero-order valence-corrected chi connectivity index (χ0v) is 14.9. The minimum absolute atomic E-state index is 0.115. The van der Waals surface area contributed by atoms with Crippen LogP contribution in [0.1, 0.15) is 24.8 Å². The highest BCUT2D eigenvalue weighted by Gasteiger charge is 2.44. The van der Waals surface area contributed by atoms with Crippen LogP contribution in [0.4, 0.5) is 17.6 Å². The quantitative estimate of drug-likeness (QED) is 0.604.